The van der Waals surface area contributed by atoms with Gasteiger partial charge in [-0.05, 0) is 42.5 Å². The third-order valence-corrected chi connectivity index (χ3v) is 4.97. The van der Waals surface area contributed by atoms with Crippen LogP contribution in [0.3, 0.4) is 0 Å². The molecule has 2 unspecified atom stereocenters. The van der Waals surface area contributed by atoms with Gasteiger partial charge in [0.2, 0.25) is 0 Å². The van der Waals surface area contributed by atoms with E-state index >= 15 is 0 Å². The van der Waals surface area contributed by atoms with Crippen molar-refractivity contribution in [1.82, 2.24) is 5.32 Å². The fourth-order valence-electron chi connectivity index (χ4n) is 3.21. The molecule has 19 heavy (non-hydrogen) atoms. The van der Waals surface area contributed by atoms with Crippen LogP contribution in [0.5, 0.6) is 0 Å². The van der Waals surface area contributed by atoms with Gasteiger partial charge in [-0.25, -0.2) is 0 Å². The van der Waals surface area contributed by atoms with Gasteiger partial charge in [-0.2, -0.15) is 0 Å². The molecule has 0 spiro atoms. The van der Waals surface area contributed by atoms with Crippen LogP contribution in [0.1, 0.15) is 37.3 Å². The number of ether oxygens (including phenoxy) is 1. The standard InChI is InChI=1S/C15H19Cl2NO/c1-2-3-4-10-5-13(16)14(17)6-12(10)15-7-11(8-19-15)18-9-15/h5-6,11,18H,2-4,7-9H2,1H3. The van der Waals surface area contributed by atoms with Gasteiger partial charge in [-0.1, -0.05) is 36.5 Å². The van der Waals surface area contributed by atoms with Crippen LogP contribution < -0.4 is 5.32 Å². The van der Waals surface area contributed by atoms with E-state index in [9.17, 15) is 0 Å². The summed E-state index contributed by atoms with van der Waals surface area (Å²) in [5.74, 6) is 0. The second kappa shape index (κ2) is 5.25. The van der Waals surface area contributed by atoms with E-state index < -0.39 is 0 Å². The molecule has 2 aliphatic heterocycles. The summed E-state index contributed by atoms with van der Waals surface area (Å²) >= 11 is 12.4. The first-order chi connectivity index (χ1) is 9.14. The Labute approximate surface area is 124 Å². The number of fused-ring (bicyclic) bond motifs is 2. The summed E-state index contributed by atoms with van der Waals surface area (Å²) in [6.45, 7) is 3.89. The van der Waals surface area contributed by atoms with Crippen molar-refractivity contribution in [3.8, 4) is 0 Å². The first-order valence-corrected chi connectivity index (χ1v) is 7.76. The van der Waals surface area contributed by atoms with Crippen LogP contribution in [0.4, 0.5) is 0 Å². The van der Waals surface area contributed by atoms with Crippen molar-refractivity contribution >= 4 is 23.2 Å². The number of hydrogen-bond donors (Lipinski definition) is 1. The minimum atomic E-state index is -0.179. The lowest BCUT2D eigenvalue weighted by Crippen LogP contribution is -2.38. The highest BCUT2D eigenvalue weighted by atomic mass is 35.5. The van der Waals surface area contributed by atoms with Gasteiger partial charge < -0.3 is 10.1 Å². The minimum Gasteiger partial charge on any atom is -0.367 e. The molecule has 2 saturated heterocycles. The molecule has 1 aromatic rings. The number of aryl methyl sites for hydroxylation is 1. The smallest absolute Gasteiger partial charge is 0.107 e. The fraction of sp³-hybridized carbons (Fsp3) is 0.600. The third kappa shape index (κ3) is 2.40. The number of unbranched alkanes of at least 4 members (excludes halogenated alkanes) is 1. The van der Waals surface area contributed by atoms with E-state index in [0.29, 0.717) is 16.1 Å². The Morgan fingerprint density at radius 2 is 2.16 bits per heavy atom. The predicted molar refractivity (Wildman–Crippen MR) is 79.1 cm³/mol. The molecule has 1 N–H and O–H groups in total. The van der Waals surface area contributed by atoms with Crippen LogP contribution in [-0.4, -0.2) is 19.2 Å². The highest BCUT2D eigenvalue weighted by Gasteiger charge is 2.48. The molecule has 2 atom stereocenters. The first kappa shape index (κ1) is 13.7. The molecule has 2 fully saturated rings. The van der Waals surface area contributed by atoms with Gasteiger partial charge in [-0.3, -0.25) is 0 Å². The SMILES string of the molecule is CCCCc1cc(Cl)c(Cl)cc1C12CNC(CO1)C2. The molecular weight excluding hydrogens is 281 g/mol. The summed E-state index contributed by atoms with van der Waals surface area (Å²) in [4.78, 5) is 0. The monoisotopic (exact) mass is 299 g/mol. The summed E-state index contributed by atoms with van der Waals surface area (Å²) in [6.07, 6.45) is 4.43. The van der Waals surface area contributed by atoms with E-state index in [4.69, 9.17) is 27.9 Å². The van der Waals surface area contributed by atoms with Crippen molar-refractivity contribution in [2.45, 2.75) is 44.2 Å². The average Bonchev–Trinajstić information content (AvgIpc) is 3.01. The Bertz CT molecular complexity index is 481. The van der Waals surface area contributed by atoms with Gasteiger partial charge in [0.1, 0.15) is 5.60 Å². The largest absolute Gasteiger partial charge is 0.367 e. The molecule has 3 rings (SSSR count). The molecule has 2 nitrogen and oxygen atoms in total. The van der Waals surface area contributed by atoms with Gasteiger partial charge in [0, 0.05) is 12.6 Å². The molecule has 0 aliphatic carbocycles. The number of rotatable bonds is 4. The molecule has 104 valence electrons. The average molecular weight is 300 g/mol. The van der Waals surface area contributed by atoms with E-state index in [2.05, 4.69) is 12.2 Å². The van der Waals surface area contributed by atoms with Crippen molar-refractivity contribution in [2.75, 3.05) is 13.2 Å². The second-order valence-corrected chi connectivity index (χ2v) is 6.43. The fourth-order valence-corrected chi connectivity index (χ4v) is 3.56. The Kier molecular flexibility index (Phi) is 3.78. The quantitative estimate of drug-likeness (QED) is 0.910. The summed E-state index contributed by atoms with van der Waals surface area (Å²) in [6, 6.07) is 4.54. The summed E-state index contributed by atoms with van der Waals surface area (Å²) < 4.78 is 6.08. The number of benzene rings is 1. The van der Waals surface area contributed by atoms with E-state index in [-0.39, 0.29) is 5.60 Å². The van der Waals surface area contributed by atoms with E-state index in [1.165, 1.54) is 17.5 Å². The van der Waals surface area contributed by atoms with Crippen molar-refractivity contribution in [3.05, 3.63) is 33.3 Å². The van der Waals surface area contributed by atoms with Crippen LogP contribution in [-0.2, 0) is 16.8 Å². The van der Waals surface area contributed by atoms with Crippen LogP contribution in [0.15, 0.2) is 12.1 Å². The van der Waals surface area contributed by atoms with Gasteiger partial charge in [0.25, 0.3) is 0 Å². The third-order valence-electron chi connectivity index (χ3n) is 4.25. The lowest BCUT2D eigenvalue weighted by molar-refractivity contribution is -0.0102. The maximum Gasteiger partial charge on any atom is 0.107 e. The number of halogens is 2. The van der Waals surface area contributed by atoms with Crippen LogP contribution in [0, 0.1) is 0 Å². The lowest BCUT2D eigenvalue weighted by atomic mass is 9.87. The molecule has 0 radical (unpaired) electrons. The minimum absolute atomic E-state index is 0.179. The topological polar surface area (TPSA) is 21.3 Å². The van der Waals surface area contributed by atoms with Crippen LogP contribution in [0.2, 0.25) is 10.0 Å². The summed E-state index contributed by atoms with van der Waals surface area (Å²) in [5, 5.41) is 4.79. The predicted octanol–water partition coefficient (Wildman–Crippen LogP) is 3.92. The maximum absolute atomic E-state index is 6.22. The van der Waals surface area contributed by atoms with Crippen molar-refractivity contribution in [1.29, 1.82) is 0 Å². The van der Waals surface area contributed by atoms with Gasteiger partial charge in [0.05, 0.1) is 16.7 Å². The van der Waals surface area contributed by atoms with E-state index in [0.717, 1.165) is 32.4 Å². The normalized spacial score (nSPS) is 29.1. The van der Waals surface area contributed by atoms with Gasteiger partial charge >= 0.3 is 0 Å². The second-order valence-electron chi connectivity index (χ2n) is 5.61. The van der Waals surface area contributed by atoms with Crippen molar-refractivity contribution < 1.29 is 4.74 Å². The molecule has 2 aliphatic rings. The first-order valence-electron chi connectivity index (χ1n) is 7.00. The number of morpholine rings is 1. The van der Waals surface area contributed by atoms with Crippen LogP contribution >= 0.6 is 23.2 Å². The van der Waals surface area contributed by atoms with E-state index in [1.54, 1.807) is 0 Å². The molecule has 2 bridgehead atoms. The summed E-state index contributed by atoms with van der Waals surface area (Å²) in [7, 11) is 0. The van der Waals surface area contributed by atoms with Crippen molar-refractivity contribution in [3.63, 3.8) is 0 Å². The summed E-state index contributed by atoms with van der Waals surface area (Å²) in [5.41, 5.74) is 2.35. The molecule has 0 saturated carbocycles. The van der Waals surface area contributed by atoms with E-state index in [1.807, 2.05) is 12.1 Å². The Hall–Kier alpha value is -0.280. The lowest BCUT2D eigenvalue weighted by Gasteiger charge is -2.30. The van der Waals surface area contributed by atoms with Crippen molar-refractivity contribution in [2.24, 2.45) is 0 Å². The highest BCUT2D eigenvalue weighted by Crippen LogP contribution is 2.44. The maximum atomic E-state index is 6.22. The molecule has 2 heterocycles. The zero-order valence-corrected chi connectivity index (χ0v) is 12.7. The van der Waals surface area contributed by atoms with Gasteiger partial charge in [-0.15, -0.1) is 0 Å². The molecule has 4 heteroatoms. The Balaban J connectivity index is 2.01. The Morgan fingerprint density at radius 3 is 2.74 bits per heavy atom. The van der Waals surface area contributed by atoms with Gasteiger partial charge in [0.15, 0.2) is 0 Å². The molecule has 0 aromatic heterocycles. The molecular formula is C15H19Cl2NO. The molecule has 1 aromatic carbocycles. The number of hydrogen-bond acceptors (Lipinski definition) is 2. The Morgan fingerprint density at radius 1 is 1.37 bits per heavy atom. The highest BCUT2D eigenvalue weighted by molar-refractivity contribution is 6.42. The molecule has 0 amide bonds. The zero-order chi connectivity index (χ0) is 13.5. The van der Waals surface area contributed by atoms with Crippen LogP contribution in [0.25, 0.3) is 0 Å². The number of nitrogens with one attached hydrogen (secondary N) is 1. The zero-order valence-electron chi connectivity index (χ0n) is 11.1.